The van der Waals surface area contributed by atoms with E-state index in [9.17, 15) is 18.8 Å². The van der Waals surface area contributed by atoms with Crippen molar-refractivity contribution in [3.63, 3.8) is 0 Å². The van der Waals surface area contributed by atoms with Gasteiger partial charge in [0.1, 0.15) is 12.4 Å². The molecule has 9 heteroatoms. The number of hydrogen-bond acceptors (Lipinski definition) is 5. The van der Waals surface area contributed by atoms with Crippen LogP contribution in [0.2, 0.25) is 0 Å². The minimum atomic E-state index is -0.852. The number of halogens is 1. The number of carbonyl (C=O) groups is 2. The molecule has 0 fully saturated rings. The van der Waals surface area contributed by atoms with Crippen molar-refractivity contribution < 1.29 is 18.4 Å². The zero-order valence-corrected chi connectivity index (χ0v) is 14.2. The Labute approximate surface area is 152 Å². The van der Waals surface area contributed by atoms with E-state index in [-0.39, 0.29) is 5.89 Å². The van der Waals surface area contributed by atoms with E-state index in [1.807, 2.05) is 6.92 Å². The minimum absolute atomic E-state index is 0.0449. The largest absolute Gasteiger partial charge is 0.437 e. The van der Waals surface area contributed by atoms with Crippen LogP contribution in [0.1, 0.15) is 15.9 Å². The van der Waals surface area contributed by atoms with Gasteiger partial charge >= 0.3 is 5.76 Å². The van der Waals surface area contributed by atoms with Crippen LogP contribution in [-0.2, 0) is 11.3 Å². The number of aryl methyl sites for hydroxylation is 1. The van der Waals surface area contributed by atoms with Gasteiger partial charge in [0.15, 0.2) is 0 Å². The van der Waals surface area contributed by atoms with Gasteiger partial charge < -0.3 is 4.42 Å². The number of rotatable bonds is 4. The Morgan fingerprint density at radius 1 is 1.07 bits per heavy atom. The zero-order valence-electron chi connectivity index (χ0n) is 14.2. The molecule has 0 saturated carbocycles. The molecule has 1 aromatic heterocycles. The molecule has 138 valence electrons. The topological polar surface area (TPSA) is 106 Å². The summed E-state index contributed by atoms with van der Waals surface area (Å²) in [5.41, 5.74) is 6.21. The van der Waals surface area contributed by atoms with Gasteiger partial charge in [0.05, 0.1) is 0 Å². The van der Waals surface area contributed by atoms with Crippen molar-refractivity contribution in [2.24, 2.45) is 0 Å². The fourth-order valence-electron chi connectivity index (χ4n) is 2.19. The lowest BCUT2D eigenvalue weighted by atomic mass is 10.1. The number of aromatic nitrogens is 2. The van der Waals surface area contributed by atoms with Gasteiger partial charge in [0.25, 0.3) is 11.8 Å². The highest BCUT2D eigenvalue weighted by atomic mass is 19.1. The first-order valence-electron chi connectivity index (χ1n) is 7.92. The summed E-state index contributed by atoms with van der Waals surface area (Å²) in [4.78, 5) is 35.7. The van der Waals surface area contributed by atoms with Crippen molar-refractivity contribution in [2.45, 2.75) is 13.5 Å². The second-order valence-electron chi connectivity index (χ2n) is 5.71. The second kappa shape index (κ2) is 7.65. The molecule has 0 unspecified atom stereocenters. The van der Waals surface area contributed by atoms with Crippen molar-refractivity contribution in [1.82, 2.24) is 20.6 Å². The van der Waals surface area contributed by atoms with E-state index in [1.165, 1.54) is 24.3 Å². The SMILES string of the molecule is Cc1ccc(C(=O)NNC(=O)Cn2nc(-c3ccc(F)cc3)oc2=O)cc1. The molecule has 0 radical (unpaired) electrons. The molecular formula is C18H15FN4O4. The summed E-state index contributed by atoms with van der Waals surface area (Å²) in [5, 5.41) is 3.89. The summed E-state index contributed by atoms with van der Waals surface area (Å²) in [5.74, 6) is -2.51. The molecule has 0 aliphatic carbocycles. The van der Waals surface area contributed by atoms with Crippen molar-refractivity contribution in [1.29, 1.82) is 0 Å². The Kier molecular flexibility index (Phi) is 5.11. The van der Waals surface area contributed by atoms with E-state index in [4.69, 9.17) is 4.42 Å². The lowest BCUT2D eigenvalue weighted by molar-refractivity contribution is -0.122. The number of hydrogen-bond donors (Lipinski definition) is 2. The first-order valence-corrected chi connectivity index (χ1v) is 7.92. The highest BCUT2D eigenvalue weighted by molar-refractivity contribution is 5.95. The summed E-state index contributed by atoms with van der Waals surface area (Å²) >= 11 is 0. The van der Waals surface area contributed by atoms with Crippen molar-refractivity contribution in [2.75, 3.05) is 0 Å². The predicted octanol–water partition coefficient (Wildman–Crippen LogP) is 1.41. The summed E-state index contributed by atoms with van der Waals surface area (Å²) in [6, 6.07) is 12.0. The number of amides is 2. The molecule has 3 rings (SSSR count). The van der Waals surface area contributed by atoms with Gasteiger partial charge in [-0.2, -0.15) is 4.68 Å². The van der Waals surface area contributed by atoms with Crippen molar-refractivity contribution in [3.8, 4) is 11.5 Å². The lowest BCUT2D eigenvalue weighted by Gasteiger charge is -2.07. The number of benzene rings is 2. The zero-order chi connectivity index (χ0) is 19.4. The van der Waals surface area contributed by atoms with Gasteiger partial charge in [-0.1, -0.05) is 17.7 Å². The molecule has 1 heterocycles. The van der Waals surface area contributed by atoms with Crippen molar-refractivity contribution >= 4 is 11.8 Å². The van der Waals surface area contributed by atoms with Crippen LogP contribution in [0.3, 0.4) is 0 Å². The van der Waals surface area contributed by atoms with Crippen LogP contribution < -0.4 is 16.6 Å². The van der Waals surface area contributed by atoms with Crippen LogP contribution in [0.15, 0.2) is 57.7 Å². The average Bonchev–Trinajstić information content (AvgIpc) is 3.01. The van der Waals surface area contributed by atoms with E-state index in [0.29, 0.717) is 11.1 Å². The van der Waals surface area contributed by atoms with Gasteiger partial charge in [0.2, 0.25) is 5.89 Å². The van der Waals surface area contributed by atoms with E-state index < -0.39 is 29.9 Å². The van der Waals surface area contributed by atoms with Crippen LogP contribution in [0, 0.1) is 12.7 Å². The van der Waals surface area contributed by atoms with Gasteiger partial charge in [-0.3, -0.25) is 20.4 Å². The van der Waals surface area contributed by atoms with Gasteiger partial charge in [-0.25, -0.2) is 9.18 Å². The van der Waals surface area contributed by atoms with Gasteiger partial charge in [0, 0.05) is 11.1 Å². The van der Waals surface area contributed by atoms with E-state index in [1.54, 1.807) is 24.3 Å². The quantitative estimate of drug-likeness (QED) is 0.676. The molecule has 0 bridgehead atoms. The highest BCUT2D eigenvalue weighted by Gasteiger charge is 2.14. The lowest BCUT2D eigenvalue weighted by Crippen LogP contribution is -2.44. The van der Waals surface area contributed by atoms with Crippen LogP contribution in [0.25, 0.3) is 11.5 Å². The first-order chi connectivity index (χ1) is 12.9. The fraction of sp³-hybridized carbons (Fsp3) is 0.111. The normalized spacial score (nSPS) is 10.4. The standard InChI is InChI=1S/C18H15FN4O4/c1-11-2-4-12(5-3-11)16(25)21-20-15(24)10-23-18(26)27-17(22-23)13-6-8-14(19)9-7-13/h2-9H,10H2,1H3,(H,20,24)(H,21,25). The molecule has 27 heavy (non-hydrogen) atoms. The van der Waals surface area contributed by atoms with E-state index in [2.05, 4.69) is 16.0 Å². The third-order valence-electron chi connectivity index (χ3n) is 3.62. The average molecular weight is 370 g/mol. The Morgan fingerprint density at radius 2 is 1.74 bits per heavy atom. The van der Waals surface area contributed by atoms with E-state index >= 15 is 0 Å². The van der Waals surface area contributed by atoms with Crippen LogP contribution in [0.4, 0.5) is 4.39 Å². The molecule has 2 amide bonds. The van der Waals surface area contributed by atoms with Gasteiger partial charge in [-0.15, -0.1) is 5.10 Å². The summed E-state index contributed by atoms with van der Waals surface area (Å²) in [6.45, 7) is 1.43. The van der Waals surface area contributed by atoms with Crippen LogP contribution >= 0.6 is 0 Å². The van der Waals surface area contributed by atoms with Crippen LogP contribution in [0.5, 0.6) is 0 Å². The monoisotopic (exact) mass is 370 g/mol. The first kappa shape index (κ1) is 18.1. The molecular weight excluding hydrogens is 355 g/mol. The maximum absolute atomic E-state index is 12.9. The Balaban J connectivity index is 1.61. The number of nitrogens with zero attached hydrogens (tertiary/aromatic N) is 2. The summed E-state index contributed by atoms with van der Waals surface area (Å²) in [6.07, 6.45) is 0. The second-order valence-corrected chi connectivity index (χ2v) is 5.71. The molecule has 0 aliphatic rings. The maximum atomic E-state index is 12.9. The molecule has 0 saturated heterocycles. The predicted molar refractivity (Wildman–Crippen MR) is 92.9 cm³/mol. The number of nitrogens with one attached hydrogen (secondary N) is 2. The molecule has 2 aromatic carbocycles. The third kappa shape index (κ3) is 4.46. The summed E-state index contributed by atoms with van der Waals surface area (Å²) in [7, 11) is 0. The smallest absolute Gasteiger partial charge is 0.388 e. The number of hydrazine groups is 1. The Bertz CT molecular complexity index is 1020. The van der Waals surface area contributed by atoms with Crippen molar-refractivity contribution in [3.05, 3.63) is 76.0 Å². The Hall–Kier alpha value is -3.75. The molecule has 0 atom stereocenters. The van der Waals surface area contributed by atoms with E-state index in [0.717, 1.165) is 10.2 Å². The van der Waals surface area contributed by atoms with Gasteiger partial charge in [-0.05, 0) is 43.3 Å². The fourth-order valence-corrected chi connectivity index (χ4v) is 2.19. The number of carbonyl (C=O) groups excluding carboxylic acids is 2. The Morgan fingerprint density at radius 3 is 2.41 bits per heavy atom. The molecule has 3 aromatic rings. The minimum Gasteiger partial charge on any atom is -0.388 e. The molecule has 0 spiro atoms. The molecule has 0 aliphatic heterocycles. The highest BCUT2D eigenvalue weighted by Crippen LogP contribution is 2.15. The molecule has 2 N–H and O–H groups in total. The molecule has 8 nitrogen and oxygen atoms in total. The third-order valence-corrected chi connectivity index (χ3v) is 3.62. The van der Waals surface area contributed by atoms with Crippen LogP contribution in [-0.4, -0.2) is 21.6 Å². The maximum Gasteiger partial charge on any atom is 0.437 e. The summed E-state index contributed by atoms with van der Waals surface area (Å²) < 4.78 is 18.7.